The van der Waals surface area contributed by atoms with Crippen LogP contribution in [0.25, 0.3) is 0 Å². The average Bonchev–Trinajstić information content (AvgIpc) is 2.37. The van der Waals surface area contributed by atoms with Crippen LogP contribution in [0.1, 0.15) is 42.5 Å². The summed E-state index contributed by atoms with van der Waals surface area (Å²) in [6.45, 7) is 7.96. The molecule has 0 saturated carbocycles. The molecule has 0 spiro atoms. The maximum atomic E-state index is 12.3. The number of rotatable bonds is 2. The van der Waals surface area contributed by atoms with Crippen LogP contribution in [0.5, 0.6) is 0 Å². The largest absolute Gasteiger partial charge is 0.384 e. The molecule has 0 atom stereocenters. The predicted octanol–water partition coefficient (Wildman–Crippen LogP) is 2.92. The standard InChI is InChI=1S/C16H20N4O/c1-10-7-12(5-6-18-10)19-15(21)11-8-13(16(2,3)4)20-14(17)9-11/h5-9H,1-4H3,(H2,17,20)(H,18,19,21). The van der Waals surface area contributed by atoms with Gasteiger partial charge in [-0.25, -0.2) is 4.98 Å². The molecule has 5 heteroatoms. The lowest BCUT2D eigenvalue weighted by Crippen LogP contribution is -2.18. The molecule has 0 aliphatic heterocycles. The van der Waals surface area contributed by atoms with Gasteiger partial charge in [-0.2, -0.15) is 0 Å². The van der Waals surface area contributed by atoms with E-state index in [0.29, 0.717) is 17.1 Å². The molecule has 110 valence electrons. The maximum absolute atomic E-state index is 12.3. The summed E-state index contributed by atoms with van der Waals surface area (Å²) < 4.78 is 0. The fourth-order valence-corrected chi connectivity index (χ4v) is 1.89. The van der Waals surface area contributed by atoms with Gasteiger partial charge in [0.25, 0.3) is 5.91 Å². The number of amides is 1. The number of nitrogens with one attached hydrogen (secondary N) is 1. The van der Waals surface area contributed by atoms with Gasteiger partial charge in [-0.3, -0.25) is 9.78 Å². The number of nitrogens with zero attached hydrogens (tertiary/aromatic N) is 2. The van der Waals surface area contributed by atoms with Crippen molar-refractivity contribution in [3.05, 3.63) is 47.4 Å². The number of anilines is 2. The summed E-state index contributed by atoms with van der Waals surface area (Å²) in [5.41, 5.74) is 8.49. The van der Waals surface area contributed by atoms with Crippen LogP contribution in [0.4, 0.5) is 11.5 Å². The highest BCUT2D eigenvalue weighted by Gasteiger charge is 2.18. The van der Waals surface area contributed by atoms with Gasteiger partial charge in [0.15, 0.2) is 0 Å². The van der Waals surface area contributed by atoms with Crippen molar-refractivity contribution in [3.63, 3.8) is 0 Å². The van der Waals surface area contributed by atoms with Crippen molar-refractivity contribution in [2.75, 3.05) is 11.1 Å². The van der Waals surface area contributed by atoms with Crippen LogP contribution in [-0.2, 0) is 5.41 Å². The Morgan fingerprint density at radius 3 is 2.57 bits per heavy atom. The Hall–Kier alpha value is -2.43. The third-order valence-corrected chi connectivity index (χ3v) is 3.03. The van der Waals surface area contributed by atoms with Crippen molar-refractivity contribution >= 4 is 17.4 Å². The molecule has 21 heavy (non-hydrogen) atoms. The third kappa shape index (κ3) is 3.78. The third-order valence-electron chi connectivity index (χ3n) is 3.03. The van der Waals surface area contributed by atoms with Crippen molar-refractivity contribution < 1.29 is 4.79 Å². The quantitative estimate of drug-likeness (QED) is 0.888. The number of carbonyl (C=O) groups excluding carboxylic acids is 1. The second-order valence-electron chi connectivity index (χ2n) is 6.06. The van der Waals surface area contributed by atoms with E-state index in [4.69, 9.17) is 5.73 Å². The molecular formula is C16H20N4O. The molecule has 0 bridgehead atoms. The Labute approximate surface area is 124 Å². The Bertz CT molecular complexity index is 674. The Morgan fingerprint density at radius 1 is 1.24 bits per heavy atom. The van der Waals surface area contributed by atoms with E-state index >= 15 is 0 Å². The second kappa shape index (κ2) is 5.52. The first-order chi connectivity index (χ1) is 9.75. The van der Waals surface area contributed by atoms with Crippen molar-refractivity contribution in [2.45, 2.75) is 33.1 Å². The SMILES string of the molecule is Cc1cc(NC(=O)c2cc(N)nc(C(C)(C)C)c2)ccn1. The highest BCUT2D eigenvalue weighted by Crippen LogP contribution is 2.23. The highest BCUT2D eigenvalue weighted by atomic mass is 16.1. The molecular weight excluding hydrogens is 264 g/mol. The minimum Gasteiger partial charge on any atom is -0.384 e. The molecule has 3 N–H and O–H groups in total. The molecule has 0 unspecified atom stereocenters. The van der Waals surface area contributed by atoms with E-state index in [1.165, 1.54) is 0 Å². The van der Waals surface area contributed by atoms with Crippen LogP contribution in [-0.4, -0.2) is 15.9 Å². The molecule has 0 aliphatic carbocycles. The number of pyridine rings is 2. The molecule has 0 aromatic carbocycles. The Morgan fingerprint density at radius 2 is 1.95 bits per heavy atom. The summed E-state index contributed by atoms with van der Waals surface area (Å²) in [6.07, 6.45) is 1.66. The van der Waals surface area contributed by atoms with E-state index in [-0.39, 0.29) is 11.3 Å². The molecule has 2 heterocycles. The molecule has 0 saturated heterocycles. The van der Waals surface area contributed by atoms with E-state index in [2.05, 4.69) is 15.3 Å². The van der Waals surface area contributed by atoms with Gasteiger partial charge in [0.2, 0.25) is 0 Å². The lowest BCUT2D eigenvalue weighted by molar-refractivity contribution is 0.102. The fraction of sp³-hybridized carbons (Fsp3) is 0.312. The van der Waals surface area contributed by atoms with E-state index < -0.39 is 0 Å². The number of carbonyl (C=O) groups is 1. The zero-order chi connectivity index (χ0) is 15.6. The van der Waals surface area contributed by atoms with E-state index in [0.717, 1.165) is 11.4 Å². The topological polar surface area (TPSA) is 80.9 Å². The van der Waals surface area contributed by atoms with Crippen molar-refractivity contribution in [3.8, 4) is 0 Å². The zero-order valence-corrected chi connectivity index (χ0v) is 12.8. The van der Waals surface area contributed by atoms with Crippen LogP contribution >= 0.6 is 0 Å². The minimum atomic E-state index is -0.208. The van der Waals surface area contributed by atoms with E-state index in [1.54, 1.807) is 24.4 Å². The fourth-order valence-electron chi connectivity index (χ4n) is 1.89. The van der Waals surface area contributed by atoms with Gasteiger partial charge in [0, 0.05) is 34.3 Å². The Kier molecular flexibility index (Phi) is 3.93. The van der Waals surface area contributed by atoms with Gasteiger partial charge in [-0.15, -0.1) is 0 Å². The van der Waals surface area contributed by atoms with Gasteiger partial charge in [0.1, 0.15) is 5.82 Å². The van der Waals surface area contributed by atoms with E-state index in [1.807, 2.05) is 33.8 Å². The molecule has 0 radical (unpaired) electrons. The first kappa shape index (κ1) is 15.0. The number of aromatic nitrogens is 2. The number of nitrogen functional groups attached to an aromatic ring is 1. The van der Waals surface area contributed by atoms with Crippen molar-refractivity contribution in [1.29, 1.82) is 0 Å². The van der Waals surface area contributed by atoms with Gasteiger partial charge in [-0.05, 0) is 31.2 Å². The van der Waals surface area contributed by atoms with Crippen molar-refractivity contribution in [2.24, 2.45) is 0 Å². The van der Waals surface area contributed by atoms with Crippen LogP contribution in [0.3, 0.4) is 0 Å². The van der Waals surface area contributed by atoms with Crippen molar-refractivity contribution in [1.82, 2.24) is 9.97 Å². The zero-order valence-electron chi connectivity index (χ0n) is 12.8. The molecule has 0 fully saturated rings. The van der Waals surface area contributed by atoms with Crippen LogP contribution < -0.4 is 11.1 Å². The number of aryl methyl sites for hydroxylation is 1. The van der Waals surface area contributed by atoms with Crippen LogP contribution in [0.15, 0.2) is 30.5 Å². The van der Waals surface area contributed by atoms with Gasteiger partial charge < -0.3 is 11.1 Å². The predicted molar refractivity (Wildman–Crippen MR) is 84.3 cm³/mol. The lowest BCUT2D eigenvalue weighted by atomic mass is 9.90. The number of hydrogen-bond donors (Lipinski definition) is 2. The molecule has 2 aromatic heterocycles. The minimum absolute atomic E-state index is 0.169. The molecule has 0 aliphatic rings. The summed E-state index contributed by atoms with van der Waals surface area (Å²) in [4.78, 5) is 20.7. The smallest absolute Gasteiger partial charge is 0.255 e. The molecule has 1 amide bonds. The summed E-state index contributed by atoms with van der Waals surface area (Å²) in [5, 5.41) is 2.84. The van der Waals surface area contributed by atoms with Gasteiger partial charge >= 0.3 is 0 Å². The van der Waals surface area contributed by atoms with Crippen LogP contribution in [0.2, 0.25) is 0 Å². The summed E-state index contributed by atoms with van der Waals surface area (Å²) in [5.74, 6) is 0.138. The first-order valence-electron chi connectivity index (χ1n) is 6.78. The summed E-state index contributed by atoms with van der Waals surface area (Å²) in [7, 11) is 0. The first-order valence-corrected chi connectivity index (χ1v) is 6.78. The Balaban J connectivity index is 2.29. The summed E-state index contributed by atoms with van der Waals surface area (Å²) >= 11 is 0. The van der Waals surface area contributed by atoms with E-state index in [9.17, 15) is 4.79 Å². The second-order valence-corrected chi connectivity index (χ2v) is 6.06. The molecule has 2 aromatic rings. The summed E-state index contributed by atoms with van der Waals surface area (Å²) in [6, 6.07) is 6.92. The van der Waals surface area contributed by atoms with Gasteiger partial charge in [-0.1, -0.05) is 20.8 Å². The van der Waals surface area contributed by atoms with Crippen LogP contribution in [0, 0.1) is 6.92 Å². The monoisotopic (exact) mass is 284 g/mol. The maximum Gasteiger partial charge on any atom is 0.255 e. The number of hydrogen-bond acceptors (Lipinski definition) is 4. The highest BCUT2D eigenvalue weighted by molar-refractivity contribution is 6.04. The molecule has 2 rings (SSSR count). The normalized spacial score (nSPS) is 11.2. The molecule has 5 nitrogen and oxygen atoms in total. The lowest BCUT2D eigenvalue weighted by Gasteiger charge is -2.19. The van der Waals surface area contributed by atoms with Gasteiger partial charge in [0.05, 0.1) is 0 Å². The number of nitrogens with two attached hydrogens (primary N) is 1. The average molecular weight is 284 g/mol.